The molecule has 5 nitrogen and oxygen atoms in total. The van der Waals surface area contributed by atoms with Crippen LogP contribution in [0.15, 0.2) is 28.7 Å². The van der Waals surface area contributed by atoms with Gasteiger partial charge in [0.25, 0.3) is 0 Å². The van der Waals surface area contributed by atoms with E-state index < -0.39 is 0 Å². The Hall–Kier alpha value is -1.73. The first-order chi connectivity index (χ1) is 9.58. The third kappa shape index (κ3) is 3.88. The van der Waals surface area contributed by atoms with E-state index in [2.05, 4.69) is 25.9 Å². The van der Waals surface area contributed by atoms with Gasteiger partial charge in [0.2, 0.25) is 5.88 Å². The highest BCUT2D eigenvalue weighted by Crippen LogP contribution is 2.26. The van der Waals surface area contributed by atoms with Crippen LogP contribution in [0.3, 0.4) is 0 Å². The van der Waals surface area contributed by atoms with Crippen LogP contribution < -0.4 is 10.5 Å². The summed E-state index contributed by atoms with van der Waals surface area (Å²) in [4.78, 5) is 8.21. The van der Waals surface area contributed by atoms with Gasteiger partial charge in [0.15, 0.2) is 5.82 Å². The number of hydrogen-bond acceptors (Lipinski definition) is 5. The SMILES string of the molecule is CCOCc1nc(N)cc(Oc2ccc(F)c(Br)c2)n1. The first-order valence-electron chi connectivity index (χ1n) is 5.92. The molecule has 0 atom stereocenters. The fraction of sp³-hybridized carbons (Fsp3) is 0.231. The van der Waals surface area contributed by atoms with Crippen LogP contribution in [-0.2, 0) is 11.3 Å². The van der Waals surface area contributed by atoms with Crippen LogP contribution >= 0.6 is 15.9 Å². The molecule has 2 aromatic rings. The highest BCUT2D eigenvalue weighted by atomic mass is 79.9. The number of halogens is 2. The van der Waals surface area contributed by atoms with Gasteiger partial charge in [0.05, 0.1) is 4.47 Å². The minimum atomic E-state index is -0.364. The third-order valence-corrected chi connectivity index (χ3v) is 2.93. The van der Waals surface area contributed by atoms with Crippen molar-refractivity contribution in [1.29, 1.82) is 0 Å². The number of hydrogen-bond donors (Lipinski definition) is 1. The highest BCUT2D eigenvalue weighted by molar-refractivity contribution is 9.10. The maximum absolute atomic E-state index is 13.1. The van der Waals surface area contributed by atoms with Crippen LogP contribution in [0.4, 0.5) is 10.2 Å². The molecule has 0 saturated carbocycles. The molecule has 2 rings (SSSR count). The molecule has 1 heterocycles. The maximum atomic E-state index is 13.1. The lowest BCUT2D eigenvalue weighted by Crippen LogP contribution is -2.03. The molecule has 0 aliphatic rings. The van der Waals surface area contributed by atoms with E-state index in [1.54, 1.807) is 0 Å². The number of nitrogen functional groups attached to an aromatic ring is 1. The molecule has 1 aromatic carbocycles. The van der Waals surface area contributed by atoms with Crippen molar-refractivity contribution in [2.24, 2.45) is 0 Å². The van der Waals surface area contributed by atoms with E-state index in [9.17, 15) is 4.39 Å². The topological polar surface area (TPSA) is 70.3 Å². The summed E-state index contributed by atoms with van der Waals surface area (Å²) in [5, 5.41) is 0. The van der Waals surface area contributed by atoms with Crippen molar-refractivity contribution in [2.75, 3.05) is 12.3 Å². The van der Waals surface area contributed by atoms with Crippen LogP contribution in [0, 0.1) is 5.82 Å². The summed E-state index contributed by atoms with van der Waals surface area (Å²) in [6.07, 6.45) is 0. The van der Waals surface area contributed by atoms with Gasteiger partial charge >= 0.3 is 0 Å². The van der Waals surface area contributed by atoms with Gasteiger partial charge in [-0.05, 0) is 41.1 Å². The van der Waals surface area contributed by atoms with Gasteiger partial charge in [-0.1, -0.05) is 0 Å². The summed E-state index contributed by atoms with van der Waals surface area (Å²) in [7, 11) is 0. The summed E-state index contributed by atoms with van der Waals surface area (Å²) in [5.74, 6) is 1.08. The van der Waals surface area contributed by atoms with Crippen LogP contribution in [0.1, 0.15) is 12.7 Å². The lowest BCUT2D eigenvalue weighted by Gasteiger charge is -2.08. The second-order valence-electron chi connectivity index (χ2n) is 3.86. The van der Waals surface area contributed by atoms with E-state index in [4.69, 9.17) is 15.2 Å². The van der Waals surface area contributed by atoms with Gasteiger partial charge in [-0.25, -0.2) is 9.37 Å². The summed E-state index contributed by atoms with van der Waals surface area (Å²) < 4.78 is 24.2. The number of ether oxygens (including phenoxy) is 2. The number of nitrogens with zero attached hydrogens (tertiary/aromatic N) is 2. The molecule has 0 radical (unpaired) electrons. The van der Waals surface area contributed by atoms with E-state index in [1.165, 1.54) is 24.3 Å². The molecule has 20 heavy (non-hydrogen) atoms. The molecule has 0 amide bonds. The maximum Gasteiger partial charge on any atom is 0.224 e. The number of rotatable bonds is 5. The minimum absolute atomic E-state index is 0.255. The van der Waals surface area contributed by atoms with Crippen molar-refractivity contribution < 1.29 is 13.9 Å². The Morgan fingerprint density at radius 1 is 1.30 bits per heavy atom. The zero-order chi connectivity index (χ0) is 14.5. The Morgan fingerprint density at radius 3 is 2.80 bits per heavy atom. The molecule has 7 heteroatoms. The summed E-state index contributed by atoms with van der Waals surface area (Å²) in [6.45, 7) is 2.68. The van der Waals surface area contributed by atoms with Crippen LogP contribution in [0.5, 0.6) is 11.6 Å². The van der Waals surface area contributed by atoms with E-state index >= 15 is 0 Å². The Balaban J connectivity index is 2.19. The first kappa shape index (κ1) is 14.7. The Bertz CT molecular complexity index is 610. The van der Waals surface area contributed by atoms with Gasteiger partial charge in [0, 0.05) is 12.7 Å². The Kier molecular flexibility index (Phi) is 4.86. The smallest absolute Gasteiger partial charge is 0.224 e. The molecular formula is C13H13BrFN3O2. The van der Waals surface area contributed by atoms with E-state index in [-0.39, 0.29) is 24.1 Å². The van der Waals surface area contributed by atoms with Gasteiger partial charge in [0.1, 0.15) is 24.0 Å². The lowest BCUT2D eigenvalue weighted by molar-refractivity contribution is 0.128. The van der Waals surface area contributed by atoms with Crippen LogP contribution in [0.2, 0.25) is 0 Å². The monoisotopic (exact) mass is 341 g/mol. The second-order valence-corrected chi connectivity index (χ2v) is 4.72. The summed E-state index contributed by atoms with van der Waals surface area (Å²) in [5.41, 5.74) is 5.68. The van der Waals surface area contributed by atoms with Crippen molar-refractivity contribution in [3.8, 4) is 11.6 Å². The van der Waals surface area contributed by atoms with Gasteiger partial charge in [-0.2, -0.15) is 4.98 Å². The Labute approximate surface area is 124 Å². The molecule has 0 unspecified atom stereocenters. The highest BCUT2D eigenvalue weighted by Gasteiger charge is 2.07. The van der Waals surface area contributed by atoms with Crippen LogP contribution in [0.25, 0.3) is 0 Å². The molecule has 0 saturated heterocycles. The number of aromatic nitrogens is 2. The summed E-state index contributed by atoms with van der Waals surface area (Å²) >= 11 is 3.09. The van der Waals surface area contributed by atoms with Crippen LogP contribution in [-0.4, -0.2) is 16.6 Å². The molecule has 0 aliphatic heterocycles. The average Bonchev–Trinajstić information content (AvgIpc) is 2.40. The zero-order valence-electron chi connectivity index (χ0n) is 10.8. The largest absolute Gasteiger partial charge is 0.439 e. The van der Waals surface area contributed by atoms with E-state index in [1.807, 2.05) is 6.92 Å². The standard InChI is InChI=1S/C13H13BrFN3O2/c1-2-19-7-12-17-11(16)6-13(18-12)20-8-3-4-10(15)9(14)5-8/h3-6H,2,7H2,1H3,(H2,16,17,18). The predicted molar refractivity (Wildman–Crippen MR) is 75.9 cm³/mol. The molecule has 0 spiro atoms. The van der Waals surface area contributed by atoms with Crippen molar-refractivity contribution in [3.05, 3.63) is 40.4 Å². The van der Waals surface area contributed by atoms with E-state index in [0.717, 1.165) is 0 Å². The van der Waals surface area contributed by atoms with Gasteiger partial charge in [-0.3, -0.25) is 0 Å². The Morgan fingerprint density at radius 2 is 2.10 bits per heavy atom. The molecule has 2 N–H and O–H groups in total. The molecule has 0 aliphatic carbocycles. The molecular weight excluding hydrogens is 329 g/mol. The van der Waals surface area contributed by atoms with Crippen molar-refractivity contribution in [3.63, 3.8) is 0 Å². The van der Waals surface area contributed by atoms with E-state index in [0.29, 0.717) is 22.7 Å². The van der Waals surface area contributed by atoms with Crippen molar-refractivity contribution >= 4 is 21.7 Å². The molecule has 1 aromatic heterocycles. The number of anilines is 1. The number of nitrogens with two attached hydrogens (primary N) is 1. The number of benzene rings is 1. The molecule has 0 bridgehead atoms. The van der Waals surface area contributed by atoms with Gasteiger partial charge < -0.3 is 15.2 Å². The lowest BCUT2D eigenvalue weighted by atomic mass is 10.3. The zero-order valence-corrected chi connectivity index (χ0v) is 12.4. The summed E-state index contributed by atoms with van der Waals surface area (Å²) in [6, 6.07) is 5.80. The normalized spacial score (nSPS) is 10.6. The first-order valence-corrected chi connectivity index (χ1v) is 6.72. The van der Waals surface area contributed by atoms with Gasteiger partial charge in [-0.15, -0.1) is 0 Å². The predicted octanol–water partition coefficient (Wildman–Crippen LogP) is 3.29. The third-order valence-electron chi connectivity index (χ3n) is 2.32. The second kappa shape index (κ2) is 6.62. The van der Waals surface area contributed by atoms with Crippen molar-refractivity contribution in [1.82, 2.24) is 9.97 Å². The molecule has 106 valence electrons. The fourth-order valence-electron chi connectivity index (χ4n) is 1.46. The minimum Gasteiger partial charge on any atom is -0.439 e. The average molecular weight is 342 g/mol. The van der Waals surface area contributed by atoms with Crippen molar-refractivity contribution in [2.45, 2.75) is 13.5 Å². The quantitative estimate of drug-likeness (QED) is 0.903. The molecule has 0 fully saturated rings. The fourth-order valence-corrected chi connectivity index (χ4v) is 1.82.